The molecule has 1 aliphatic rings. The summed E-state index contributed by atoms with van der Waals surface area (Å²) < 4.78 is 5.27. The van der Waals surface area contributed by atoms with Gasteiger partial charge in [-0.15, -0.1) is 0 Å². The zero-order valence-electron chi connectivity index (χ0n) is 7.72. The minimum absolute atomic E-state index is 0.0488. The summed E-state index contributed by atoms with van der Waals surface area (Å²) in [5, 5.41) is 3.12. The van der Waals surface area contributed by atoms with Gasteiger partial charge in [-0.05, 0) is 6.92 Å². The van der Waals surface area contributed by atoms with Crippen LogP contribution in [0, 0.1) is 0 Å². The maximum atomic E-state index is 5.27. The lowest BCUT2D eigenvalue weighted by molar-refractivity contribution is 0.0895. The maximum Gasteiger partial charge on any atom is 0.205 e. The zero-order chi connectivity index (χ0) is 9.19. The molecular formula is C7H16N4O. The second-order valence-corrected chi connectivity index (χ2v) is 3.13. The van der Waals surface area contributed by atoms with E-state index < -0.39 is 0 Å². The van der Waals surface area contributed by atoms with Crippen molar-refractivity contribution in [3.63, 3.8) is 0 Å². The minimum Gasteiger partial charge on any atom is -0.376 e. The van der Waals surface area contributed by atoms with Crippen molar-refractivity contribution in [2.45, 2.75) is 25.0 Å². The first-order valence-electron chi connectivity index (χ1n) is 3.91. The van der Waals surface area contributed by atoms with Gasteiger partial charge in [0.2, 0.25) is 5.96 Å². The first kappa shape index (κ1) is 9.28. The summed E-state index contributed by atoms with van der Waals surface area (Å²) in [6.07, 6.45) is 0.990. The average Bonchev–Trinajstić information content (AvgIpc) is 2.74. The van der Waals surface area contributed by atoms with Crippen molar-refractivity contribution in [1.82, 2.24) is 10.7 Å². The molecule has 2 atom stereocenters. The summed E-state index contributed by atoms with van der Waals surface area (Å²) in [6, 6.07) is 0.317. The third-order valence-electron chi connectivity index (χ3n) is 2.32. The molecule has 12 heavy (non-hydrogen) atoms. The van der Waals surface area contributed by atoms with E-state index in [9.17, 15) is 0 Å². The molecule has 4 N–H and O–H groups in total. The highest BCUT2D eigenvalue weighted by Gasteiger charge is 2.51. The molecule has 1 saturated carbocycles. The van der Waals surface area contributed by atoms with Crippen LogP contribution in [0.25, 0.3) is 0 Å². The summed E-state index contributed by atoms with van der Waals surface area (Å²) in [5.74, 6) is 5.80. The normalized spacial score (nSPS) is 34.7. The fourth-order valence-corrected chi connectivity index (χ4v) is 1.11. The lowest BCUT2D eigenvalue weighted by Crippen LogP contribution is -2.44. The number of nitrogens with zero attached hydrogens (tertiary/aromatic N) is 1. The standard InChI is InChI=1S/C7H16N4O/c1-7(12-3)4-5(7)10-6(9-2)11-8/h5H,4,8H2,1-3H3,(H2,9,10,11)/t5-,7+/m1/s1. The van der Waals surface area contributed by atoms with Crippen molar-refractivity contribution >= 4 is 5.96 Å². The van der Waals surface area contributed by atoms with Crippen LogP contribution in [0.4, 0.5) is 0 Å². The monoisotopic (exact) mass is 172 g/mol. The Balaban J connectivity index is 2.36. The number of aliphatic imine (C=N–C) groups is 1. The van der Waals surface area contributed by atoms with Crippen molar-refractivity contribution in [2.24, 2.45) is 10.8 Å². The molecule has 0 aliphatic heterocycles. The van der Waals surface area contributed by atoms with Crippen LogP contribution in [0.15, 0.2) is 4.99 Å². The van der Waals surface area contributed by atoms with E-state index in [1.165, 1.54) is 0 Å². The van der Waals surface area contributed by atoms with E-state index in [2.05, 4.69) is 22.7 Å². The highest BCUT2D eigenvalue weighted by Crippen LogP contribution is 2.38. The molecule has 70 valence electrons. The highest BCUT2D eigenvalue weighted by atomic mass is 16.5. The van der Waals surface area contributed by atoms with Gasteiger partial charge in [-0.2, -0.15) is 0 Å². The van der Waals surface area contributed by atoms with Gasteiger partial charge in [0.15, 0.2) is 0 Å². The third kappa shape index (κ3) is 1.67. The van der Waals surface area contributed by atoms with Crippen LogP contribution >= 0.6 is 0 Å². The molecule has 0 radical (unpaired) electrons. The molecule has 0 saturated heterocycles. The fraction of sp³-hybridized carbons (Fsp3) is 0.857. The van der Waals surface area contributed by atoms with E-state index in [0.717, 1.165) is 6.42 Å². The first-order valence-corrected chi connectivity index (χ1v) is 3.91. The predicted molar refractivity (Wildman–Crippen MR) is 47.6 cm³/mol. The Morgan fingerprint density at radius 3 is 2.75 bits per heavy atom. The Labute approximate surface area is 72.3 Å². The number of nitrogens with one attached hydrogen (secondary N) is 2. The largest absolute Gasteiger partial charge is 0.376 e. The number of methoxy groups -OCH3 is 1. The number of rotatable bonds is 2. The number of nitrogens with two attached hydrogens (primary N) is 1. The van der Waals surface area contributed by atoms with Crippen LogP contribution in [-0.4, -0.2) is 31.8 Å². The second kappa shape index (κ2) is 3.28. The number of hydrazine groups is 1. The van der Waals surface area contributed by atoms with E-state index in [-0.39, 0.29) is 5.60 Å². The number of guanidine groups is 1. The molecule has 0 bridgehead atoms. The maximum absolute atomic E-state index is 5.27. The van der Waals surface area contributed by atoms with Crippen molar-refractivity contribution in [1.29, 1.82) is 0 Å². The molecule has 0 aromatic rings. The third-order valence-corrected chi connectivity index (χ3v) is 2.32. The Bertz CT molecular complexity index is 194. The Hall–Kier alpha value is -0.810. The lowest BCUT2D eigenvalue weighted by atomic mass is 10.4. The second-order valence-electron chi connectivity index (χ2n) is 3.13. The molecular weight excluding hydrogens is 156 g/mol. The average molecular weight is 172 g/mol. The van der Waals surface area contributed by atoms with Crippen LogP contribution in [0.5, 0.6) is 0 Å². The van der Waals surface area contributed by atoms with E-state index in [0.29, 0.717) is 12.0 Å². The predicted octanol–water partition coefficient (Wildman–Crippen LogP) is -0.797. The van der Waals surface area contributed by atoms with Crippen LogP contribution in [-0.2, 0) is 4.74 Å². The van der Waals surface area contributed by atoms with Gasteiger partial charge >= 0.3 is 0 Å². The summed E-state index contributed by atoms with van der Waals surface area (Å²) in [5.41, 5.74) is 2.42. The quantitative estimate of drug-likeness (QED) is 0.221. The van der Waals surface area contributed by atoms with Crippen molar-refractivity contribution < 1.29 is 4.74 Å². The van der Waals surface area contributed by atoms with Gasteiger partial charge < -0.3 is 10.1 Å². The number of hydrogen-bond donors (Lipinski definition) is 3. The molecule has 0 heterocycles. The first-order chi connectivity index (χ1) is 5.66. The molecule has 0 spiro atoms. The Morgan fingerprint density at radius 1 is 1.75 bits per heavy atom. The van der Waals surface area contributed by atoms with Crippen molar-refractivity contribution in [3.05, 3.63) is 0 Å². The molecule has 5 heteroatoms. The van der Waals surface area contributed by atoms with E-state index in [1.807, 2.05) is 0 Å². The highest BCUT2D eigenvalue weighted by molar-refractivity contribution is 5.79. The van der Waals surface area contributed by atoms with E-state index in [1.54, 1.807) is 14.2 Å². The van der Waals surface area contributed by atoms with Gasteiger partial charge in [-0.3, -0.25) is 10.4 Å². The van der Waals surface area contributed by atoms with Crippen molar-refractivity contribution in [2.75, 3.05) is 14.2 Å². The summed E-state index contributed by atoms with van der Waals surface area (Å²) in [4.78, 5) is 3.90. The fourth-order valence-electron chi connectivity index (χ4n) is 1.11. The molecule has 0 unspecified atom stereocenters. The minimum atomic E-state index is -0.0488. The van der Waals surface area contributed by atoms with Gasteiger partial charge in [0.25, 0.3) is 0 Å². The summed E-state index contributed by atoms with van der Waals surface area (Å²) >= 11 is 0. The van der Waals surface area contributed by atoms with E-state index in [4.69, 9.17) is 10.6 Å². The smallest absolute Gasteiger partial charge is 0.205 e. The molecule has 0 aromatic heterocycles. The molecule has 1 fully saturated rings. The summed E-state index contributed by atoms with van der Waals surface area (Å²) in [7, 11) is 3.38. The van der Waals surface area contributed by atoms with Crippen molar-refractivity contribution in [3.8, 4) is 0 Å². The van der Waals surface area contributed by atoms with Crippen LogP contribution < -0.4 is 16.6 Å². The molecule has 0 aromatic carbocycles. The van der Waals surface area contributed by atoms with Crippen LogP contribution in [0.2, 0.25) is 0 Å². The van der Waals surface area contributed by atoms with Crippen LogP contribution in [0.1, 0.15) is 13.3 Å². The zero-order valence-corrected chi connectivity index (χ0v) is 7.72. The molecule has 0 amide bonds. The van der Waals surface area contributed by atoms with Crippen LogP contribution in [0.3, 0.4) is 0 Å². The van der Waals surface area contributed by atoms with Gasteiger partial charge in [-0.25, -0.2) is 5.84 Å². The molecule has 1 rings (SSSR count). The Morgan fingerprint density at radius 2 is 2.42 bits per heavy atom. The lowest BCUT2D eigenvalue weighted by Gasteiger charge is -2.11. The number of hydrogen-bond acceptors (Lipinski definition) is 3. The SMILES string of the molecule is CN=C(NN)N[C@@H]1C[C@]1(C)OC. The van der Waals surface area contributed by atoms with Gasteiger partial charge in [0.1, 0.15) is 0 Å². The van der Waals surface area contributed by atoms with E-state index >= 15 is 0 Å². The van der Waals surface area contributed by atoms with Gasteiger partial charge in [0, 0.05) is 20.6 Å². The number of ether oxygens (including phenoxy) is 1. The molecule has 5 nitrogen and oxygen atoms in total. The topological polar surface area (TPSA) is 71.7 Å². The van der Waals surface area contributed by atoms with Gasteiger partial charge in [0.05, 0.1) is 11.6 Å². The molecule has 1 aliphatic carbocycles. The van der Waals surface area contributed by atoms with Gasteiger partial charge in [-0.1, -0.05) is 0 Å². The Kier molecular flexibility index (Phi) is 2.54. The summed E-state index contributed by atoms with van der Waals surface area (Å²) in [6.45, 7) is 2.05.